The number of ether oxygens (including phenoxy) is 1. The minimum atomic E-state index is -0.402. The summed E-state index contributed by atoms with van der Waals surface area (Å²) >= 11 is 1.30. The van der Waals surface area contributed by atoms with Gasteiger partial charge in [-0.3, -0.25) is 14.2 Å². The lowest BCUT2D eigenvalue weighted by Gasteiger charge is -2.19. The lowest BCUT2D eigenvalue weighted by Crippen LogP contribution is -2.27. The van der Waals surface area contributed by atoms with E-state index in [1.54, 1.807) is 11.5 Å². The third kappa shape index (κ3) is 3.13. The van der Waals surface area contributed by atoms with Crippen molar-refractivity contribution in [2.24, 2.45) is 0 Å². The Morgan fingerprint density at radius 3 is 2.74 bits per heavy atom. The van der Waals surface area contributed by atoms with E-state index in [9.17, 15) is 9.59 Å². The highest BCUT2D eigenvalue weighted by Crippen LogP contribution is 2.33. The van der Waals surface area contributed by atoms with Crippen molar-refractivity contribution >= 4 is 28.6 Å². The number of thioether (sulfide) groups is 1. The summed E-state index contributed by atoms with van der Waals surface area (Å²) in [5.74, 6) is -0.310. The molecule has 0 amide bonds. The summed E-state index contributed by atoms with van der Waals surface area (Å²) in [5.41, 5.74) is 0.661. The standard InChI is InChI=1S/C17H20N2O3S/c1-11(16(21)22-2)23-17-18-14-10-6-5-9-13(14)15(20)19(17)12-7-3-4-8-12/h5-6,9-12H,3-4,7-8H2,1-2H3/t11-/m0/s1. The molecule has 5 nitrogen and oxygen atoms in total. The molecule has 1 heterocycles. The molecular weight excluding hydrogens is 312 g/mol. The van der Waals surface area contributed by atoms with Crippen molar-refractivity contribution in [2.75, 3.05) is 7.11 Å². The molecule has 23 heavy (non-hydrogen) atoms. The lowest BCUT2D eigenvalue weighted by atomic mass is 10.2. The fraction of sp³-hybridized carbons (Fsp3) is 0.471. The second kappa shape index (κ2) is 6.74. The van der Waals surface area contributed by atoms with Crippen LogP contribution in [0.5, 0.6) is 0 Å². The first kappa shape index (κ1) is 16.1. The van der Waals surface area contributed by atoms with E-state index < -0.39 is 5.25 Å². The van der Waals surface area contributed by atoms with E-state index in [-0.39, 0.29) is 17.6 Å². The Morgan fingerprint density at radius 2 is 2.04 bits per heavy atom. The topological polar surface area (TPSA) is 61.2 Å². The number of methoxy groups -OCH3 is 1. The average Bonchev–Trinajstić information content (AvgIpc) is 3.08. The molecule has 1 aromatic carbocycles. The molecule has 0 saturated heterocycles. The highest BCUT2D eigenvalue weighted by Gasteiger charge is 2.25. The molecule has 1 aliphatic carbocycles. The zero-order valence-corrected chi connectivity index (χ0v) is 14.1. The monoisotopic (exact) mass is 332 g/mol. The van der Waals surface area contributed by atoms with Crippen molar-refractivity contribution in [1.82, 2.24) is 9.55 Å². The number of hydrogen-bond donors (Lipinski definition) is 0. The maximum Gasteiger partial charge on any atom is 0.318 e. The van der Waals surface area contributed by atoms with Crippen molar-refractivity contribution in [3.8, 4) is 0 Å². The first-order chi connectivity index (χ1) is 11.1. The predicted molar refractivity (Wildman–Crippen MR) is 90.8 cm³/mol. The van der Waals surface area contributed by atoms with Crippen LogP contribution in [0.3, 0.4) is 0 Å². The summed E-state index contributed by atoms with van der Waals surface area (Å²) in [6, 6.07) is 7.55. The van der Waals surface area contributed by atoms with Gasteiger partial charge in [0, 0.05) is 6.04 Å². The molecule has 1 fully saturated rings. The highest BCUT2D eigenvalue weighted by atomic mass is 32.2. The van der Waals surface area contributed by atoms with Crippen LogP contribution in [-0.2, 0) is 9.53 Å². The molecule has 0 aliphatic heterocycles. The predicted octanol–water partition coefficient (Wildman–Crippen LogP) is 3.17. The van der Waals surface area contributed by atoms with Crippen molar-refractivity contribution in [2.45, 2.75) is 49.1 Å². The van der Waals surface area contributed by atoms with Gasteiger partial charge in [0.1, 0.15) is 5.25 Å². The molecule has 122 valence electrons. The number of nitrogens with zero attached hydrogens (tertiary/aromatic N) is 2. The minimum Gasteiger partial charge on any atom is -0.468 e. The summed E-state index contributed by atoms with van der Waals surface area (Å²) in [7, 11) is 1.37. The van der Waals surface area contributed by atoms with Gasteiger partial charge in [-0.25, -0.2) is 4.98 Å². The van der Waals surface area contributed by atoms with Crippen molar-refractivity contribution in [3.05, 3.63) is 34.6 Å². The van der Waals surface area contributed by atoms with Gasteiger partial charge in [0.2, 0.25) is 0 Å². The average molecular weight is 332 g/mol. The van der Waals surface area contributed by atoms with Crippen molar-refractivity contribution < 1.29 is 9.53 Å². The SMILES string of the molecule is COC(=O)[C@H](C)Sc1nc2ccccc2c(=O)n1C1CCCC1. The molecule has 1 saturated carbocycles. The first-order valence-electron chi connectivity index (χ1n) is 7.87. The molecule has 0 spiro atoms. The molecule has 0 bridgehead atoms. The van der Waals surface area contributed by atoms with Gasteiger partial charge in [0.05, 0.1) is 18.0 Å². The van der Waals surface area contributed by atoms with Gasteiger partial charge in [-0.1, -0.05) is 36.7 Å². The van der Waals surface area contributed by atoms with Crippen LogP contribution in [0.15, 0.2) is 34.2 Å². The van der Waals surface area contributed by atoms with Crippen LogP contribution in [0.2, 0.25) is 0 Å². The van der Waals surface area contributed by atoms with Crippen molar-refractivity contribution in [3.63, 3.8) is 0 Å². The summed E-state index contributed by atoms with van der Waals surface area (Å²) in [4.78, 5) is 29.3. The number of para-hydroxylation sites is 1. The van der Waals surface area contributed by atoms with Crippen LogP contribution in [0.1, 0.15) is 38.6 Å². The number of esters is 1. The van der Waals surface area contributed by atoms with Crippen LogP contribution >= 0.6 is 11.8 Å². The third-order valence-corrected chi connectivity index (χ3v) is 5.33. The van der Waals surface area contributed by atoms with E-state index >= 15 is 0 Å². The molecule has 0 radical (unpaired) electrons. The molecule has 0 N–H and O–H groups in total. The van der Waals surface area contributed by atoms with Gasteiger partial charge in [-0.15, -0.1) is 0 Å². The van der Waals surface area contributed by atoms with Crippen LogP contribution in [-0.4, -0.2) is 27.9 Å². The van der Waals surface area contributed by atoms with E-state index in [4.69, 9.17) is 4.74 Å². The number of hydrogen-bond acceptors (Lipinski definition) is 5. The number of benzene rings is 1. The Labute approximate surface area is 139 Å². The first-order valence-corrected chi connectivity index (χ1v) is 8.75. The summed E-state index contributed by atoms with van der Waals surface area (Å²) in [5, 5.41) is 0.841. The molecule has 1 atom stereocenters. The van der Waals surface area contributed by atoms with Crippen LogP contribution in [0.4, 0.5) is 0 Å². The molecule has 6 heteroatoms. The molecule has 1 aliphatic rings. The van der Waals surface area contributed by atoms with Gasteiger partial charge < -0.3 is 4.74 Å². The molecule has 2 aromatic rings. The van der Waals surface area contributed by atoms with E-state index in [0.717, 1.165) is 25.7 Å². The lowest BCUT2D eigenvalue weighted by molar-refractivity contribution is -0.139. The zero-order chi connectivity index (χ0) is 16.4. The highest BCUT2D eigenvalue weighted by molar-refractivity contribution is 8.00. The maximum atomic E-state index is 13.0. The minimum absolute atomic E-state index is 0.0120. The van der Waals surface area contributed by atoms with Gasteiger partial charge in [-0.2, -0.15) is 0 Å². The Hall–Kier alpha value is -1.82. The number of carbonyl (C=O) groups excluding carboxylic acids is 1. The second-order valence-electron chi connectivity index (χ2n) is 5.81. The van der Waals surface area contributed by atoms with Crippen LogP contribution < -0.4 is 5.56 Å². The fourth-order valence-electron chi connectivity index (χ4n) is 3.07. The van der Waals surface area contributed by atoms with Gasteiger partial charge in [0.15, 0.2) is 5.16 Å². The zero-order valence-electron chi connectivity index (χ0n) is 13.3. The van der Waals surface area contributed by atoms with E-state index in [1.165, 1.54) is 18.9 Å². The van der Waals surface area contributed by atoms with Crippen LogP contribution in [0, 0.1) is 0 Å². The maximum absolute atomic E-state index is 13.0. The van der Waals surface area contributed by atoms with E-state index in [0.29, 0.717) is 16.1 Å². The van der Waals surface area contributed by atoms with Crippen LogP contribution in [0.25, 0.3) is 10.9 Å². The Kier molecular flexibility index (Phi) is 4.71. The van der Waals surface area contributed by atoms with Gasteiger partial charge >= 0.3 is 5.97 Å². The van der Waals surface area contributed by atoms with Gasteiger partial charge in [0.25, 0.3) is 5.56 Å². The number of carbonyl (C=O) groups is 1. The Morgan fingerprint density at radius 1 is 1.35 bits per heavy atom. The van der Waals surface area contributed by atoms with Gasteiger partial charge in [-0.05, 0) is 31.9 Å². The Bertz CT molecular complexity index is 781. The Balaban J connectivity index is 2.11. The summed E-state index contributed by atoms with van der Waals surface area (Å²) in [6.07, 6.45) is 4.22. The molecular formula is C17H20N2O3S. The number of rotatable bonds is 4. The number of fused-ring (bicyclic) bond motifs is 1. The fourth-order valence-corrected chi connectivity index (χ4v) is 4.07. The largest absolute Gasteiger partial charge is 0.468 e. The normalized spacial score (nSPS) is 16.6. The third-order valence-electron chi connectivity index (χ3n) is 4.28. The van der Waals surface area contributed by atoms with Crippen molar-refractivity contribution in [1.29, 1.82) is 0 Å². The summed E-state index contributed by atoms with van der Waals surface area (Å²) < 4.78 is 6.58. The quantitative estimate of drug-likeness (QED) is 0.489. The molecule has 0 unspecified atom stereocenters. The van der Waals surface area contributed by atoms with E-state index in [1.807, 2.05) is 24.3 Å². The molecule has 1 aromatic heterocycles. The summed E-state index contributed by atoms with van der Waals surface area (Å²) in [6.45, 7) is 1.77. The second-order valence-corrected chi connectivity index (χ2v) is 7.12. The van der Waals surface area contributed by atoms with E-state index in [2.05, 4.69) is 4.98 Å². The molecule has 3 rings (SSSR count). The number of aromatic nitrogens is 2. The smallest absolute Gasteiger partial charge is 0.318 e.